The van der Waals surface area contributed by atoms with Crippen molar-refractivity contribution in [2.75, 3.05) is 0 Å². The molecule has 0 unspecified atom stereocenters. The first-order valence-corrected chi connectivity index (χ1v) is 19.0. The number of rotatable bonds is 3. The van der Waals surface area contributed by atoms with Gasteiger partial charge in [-0.2, -0.15) is 0 Å². The fourth-order valence-corrected chi connectivity index (χ4v) is 9.84. The number of para-hydroxylation sites is 3. The van der Waals surface area contributed by atoms with Gasteiger partial charge < -0.3 is 14.2 Å². The second-order valence-electron chi connectivity index (χ2n) is 15.4. The molecule has 3 aliphatic heterocycles. The quantitative estimate of drug-likeness (QED) is 0.232. The van der Waals surface area contributed by atoms with Crippen LogP contribution in [0.4, 0.5) is 0 Å². The molecule has 0 N–H and O–H groups in total. The number of hydrogen-bond acceptors (Lipinski definition) is 3. The van der Waals surface area contributed by atoms with Gasteiger partial charge in [0.15, 0.2) is 0 Å². The number of fused-ring (bicyclic) bond motifs is 9. The Morgan fingerprint density at radius 3 is 0.778 bits per heavy atom. The summed E-state index contributed by atoms with van der Waals surface area (Å²) in [6.45, 7) is 13.0. The van der Waals surface area contributed by atoms with E-state index in [0.29, 0.717) is 0 Å². The van der Waals surface area contributed by atoms with Crippen LogP contribution in [0.15, 0.2) is 127 Å². The van der Waals surface area contributed by atoms with Crippen molar-refractivity contribution >= 4 is 69.3 Å². The molecule has 7 aromatic carbocycles. The standard InChI is InChI=1S/C48H39B3O3/c1-28-16-13-17-29(2)40(28)49-34-22-7-10-25-37(34)52-46-43(49)47-45(50(35-23-8-11-26-38(35)53-47)41-30(3)18-14-19-31(41)4)48-44(46)51(36-24-9-12-27-39(36)54-48)42-32(5)20-15-21-33(42)6/h7-27H,1-6H3. The molecule has 54 heavy (non-hydrogen) atoms. The van der Waals surface area contributed by atoms with Crippen LogP contribution in [0, 0.1) is 41.5 Å². The van der Waals surface area contributed by atoms with Crippen LogP contribution < -0.4 is 63.4 Å². The number of hydrogen-bond donors (Lipinski definition) is 0. The third kappa shape index (κ3) is 4.72. The SMILES string of the molecule is Cc1cccc(C)c1B1c2ccccc2Oc2c1c1c(c3c2B(c2c(C)cccc2C)c2ccccc2O3)B(c2c(C)cccc2C)c2ccccc2O1. The zero-order chi connectivity index (χ0) is 36.8. The van der Waals surface area contributed by atoms with Gasteiger partial charge in [0, 0.05) is 16.4 Å². The highest BCUT2D eigenvalue weighted by molar-refractivity contribution is 7.04. The molecule has 3 heterocycles. The van der Waals surface area contributed by atoms with E-state index in [1.807, 2.05) is 0 Å². The molecular formula is C48H39B3O3. The molecule has 3 nitrogen and oxygen atoms in total. The molecule has 6 heteroatoms. The van der Waals surface area contributed by atoms with Crippen molar-refractivity contribution in [3.05, 3.63) is 161 Å². The zero-order valence-electron chi connectivity index (χ0n) is 31.6. The third-order valence-corrected chi connectivity index (χ3v) is 12.2. The van der Waals surface area contributed by atoms with Gasteiger partial charge in [0.05, 0.1) is 0 Å². The van der Waals surface area contributed by atoms with Crippen molar-refractivity contribution in [2.45, 2.75) is 41.5 Å². The second-order valence-corrected chi connectivity index (χ2v) is 15.4. The molecule has 0 atom stereocenters. The fraction of sp³-hybridized carbons (Fsp3) is 0.125. The van der Waals surface area contributed by atoms with E-state index in [0.717, 1.165) is 67.3 Å². The highest BCUT2D eigenvalue weighted by Crippen LogP contribution is 2.39. The summed E-state index contributed by atoms with van der Waals surface area (Å²) in [4.78, 5) is 0. The molecule has 0 bridgehead atoms. The molecule has 0 aliphatic carbocycles. The van der Waals surface area contributed by atoms with Crippen molar-refractivity contribution in [3.63, 3.8) is 0 Å². The average molecular weight is 696 g/mol. The summed E-state index contributed by atoms with van der Waals surface area (Å²) in [5.41, 5.74) is 17.9. The smallest absolute Gasteiger partial charge is 0.256 e. The molecule has 0 aromatic heterocycles. The Kier molecular flexibility index (Phi) is 7.49. The molecule has 0 saturated carbocycles. The van der Waals surface area contributed by atoms with Crippen LogP contribution in [0.1, 0.15) is 33.4 Å². The van der Waals surface area contributed by atoms with E-state index in [2.05, 4.69) is 169 Å². The molecular weight excluding hydrogens is 657 g/mol. The molecule has 7 aromatic rings. The first-order valence-electron chi connectivity index (χ1n) is 19.0. The summed E-state index contributed by atoms with van der Waals surface area (Å²) in [6, 6.07) is 45.6. The highest BCUT2D eigenvalue weighted by Gasteiger charge is 2.50. The van der Waals surface area contributed by atoms with Crippen LogP contribution in [-0.4, -0.2) is 20.1 Å². The molecule has 0 saturated heterocycles. The van der Waals surface area contributed by atoms with Gasteiger partial charge in [-0.1, -0.05) is 159 Å². The van der Waals surface area contributed by atoms with Gasteiger partial charge in [0.25, 0.3) is 20.1 Å². The predicted octanol–water partition coefficient (Wildman–Crippen LogP) is 5.40. The maximum absolute atomic E-state index is 7.34. The van der Waals surface area contributed by atoms with Crippen LogP contribution in [0.5, 0.6) is 34.5 Å². The fourth-order valence-electron chi connectivity index (χ4n) is 9.84. The molecule has 0 amide bonds. The maximum atomic E-state index is 7.34. The summed E-state index contributed by atoms with van der Waals surface area (Å²) in [5, 5.41) is 0. The summed E-state index contributed by atoms with van der Waals surface area (Å²) >= 11 is 0. The van der Waals surface area contributed by atoms with E-state index in [1.165, 1.54) is 49.8 Å². The summed E-state index contributed by atoms with van der Waals surface area (Å²) in [7, 11) is 0. The topological polar surface area (TPSA) is 27.7 Å². The Balaban J connectivity index is 1.43. The van der Waals surface area contributed by atoms with E-state index < -0.39 is 0 Å². The normalized spacial score (nSPS) is 13.3. The zero-order valence-corrected chi connectivity index (χ0v) is 31.6. The minimum absolute atomic E-state index is 0.148. The Morgan fingerprint density at radius 1 is 0.278 bits per heavy atom. The first-order chi connectivity index (χ1) is 26.3. The highest BCUT2D eigenvalue weighted by atomic mass is 16.5. The Hall–Kier alpha value is -5.87. The lowest BCUT2D eigenvalue weighted by Crippen LogP contribution is -2.67. The van der Waals surface area contributed by atoms with Crippen LogP contribution in [0.25, 0.3) is 0 Å². The molecule has 3 aliphatic rings. The van der Waals surface area contributed by atoms with Crippen molar-refractivity contribution in [1.29, 1.82) is 0 Å². The molecule has 258 valence electrons. The van der Waals surface area contributed by atoms with Crippen molar-refractivity contribution in [3.8, 4) is 34.5 Å². The van der Waals surface area contributed by atoms with Gasteiger partial charge in [0.2, 0.25) is 0 Å². The summed E-state index contributed by atoms with van der Waals surface area (Å²) in [5.74, 6) is 5.08. The minimum Gasteiger partial charge on any atom is -0.459 e. The molecule has 0 spiro atoms. The van der Waals surface area contributed by atoms with Crippen LogP contribution in [-0.2, 0) is 0 Å². The van der Waals surface area contributed by atoms with E-state index in [1.54, 1.807) is 0 Å². The van der Waals surface area contributed by atoms with Crippen molar-refractivity contribution in [1.82, 2.24) is 0 Å². The van der Waals surface area contributed by atoms with Crippen LogP contribution >= 0.6 is 0 Å². The van der Waals surface area contributed by atoms with Crippen molar-refractivity contribution < 1.29 is 14.2 Å². The van der Waals surface area contributed by atoms with E-state index in [-0.39, 0.29) is 20.1 Å². The van der Waals surface area contributed by atoms with Gasteiger partial charge in [-0.3, -0.25) is 0 Å². The van der Waals surface area contributed by atoms with Gasteiger partial charge in [-0.05, 0) is 76.1 Å². The van der Waals surface area contributed by atoms with Crippen LogP contribution in [0.3, 0.4) is 0 Å². The van der Waals surface area contributed by atoms with E-state index in [9.17, 15) is 0 Å². The number of ether oxygens (including phenoxy) is 3. The van der Waals surface area contributed by atoms with Gasteiger partial charge in [-0.15, -0.1) is 0 Å². The van der Waals surface area contributed by atoms with Crippen molar-refractivity contribution in [2.24, 2.45) is 0 Å². The van der Waals surface area contributed by atoms with Crippen LogP contribution in [0.2, 0.25) is 0 Å². The van der Waals surface area contributed by atoms with Gasteiger partial charge in [0.1, 0.15) is 34.5 Å². The number of benzene rings is 7. The average Bonchev–Trinajstić information content (AvgIpc) is 3.17. The van der Waals surface area contributed by atoms with Gasteiger partial charge >= 0.3 is 0 Å². The van der Waals surface area contributed by atoms with Gasteiger partial charge in [-0.25, -0.2) is 0 Å². The summed E-state index contributed by atoms with van der Waals surface area (Å²) < 4.78 is 22.0. The summed E-state index contributed by atoms with van der Waals surface area (Å²) in [6.07, 6.45) is 0. The third-order valence-electron chi connectivity index (χ3n) is 12.2. The molecule has 0 radical (unpaired) electrons. The lowest BCUT2D eigenvalue weighted by Gasteiger charge is -2.40. The lowest BCUT2D eigenvalue weighted by molar-refractivity contribution is 0.453. The minimum atomic E-state index is -0.148. The van der Waals surface area contributed by atoms with E-state index >= 15 is 0 Å². The Morgan fingerprint density at radius 2 is 0.519 bits per heavy atom. The Bertz CT molecular complexity index is 2320. The Labute approximate surface area is 319 Å². The van der Waals surface area contributed by atoms with E-state index in [4.69, 9.17) is 14.2 Å². The lowest BCUT2D eigenvalue weighted by atomic mass is 9.27. The predicted molar refractivity (Wildman–Crippen MR) is 228 cm³/mol. The monoisotopic (exact) mass is 696 g/mol. The second kappa shape index (κ2) is 12.3. The first kappa shape index (κ1) is 32.8. The molecule has 0 fully saturated rings. The maximum Gasteiger partial charge on any atom is 0.256 e. The number of aryl methyl sites for hydroxylation is 6. The molecule has 10 rings (SSSR count). The largest absolute Gasteiger partial charge is 0.459 e.